The summed E-state index contributed by atoms with van der Waals surface area (Å²) in [7, 11) is 0. The molecular formula is C20H16Cl2O4. The van der Waals surface area contributed by atoms with Crippen LogP contribution in [0.5, 0.6) is 5.75 Å². The Morgan fingerprint density at radius 1 is 1.00 bits per heavy atom. The molecule has 0 spiro atoms. The van der Waals surface area contributed by atoms with E-state index in [-0.39, 0.29) is 19.0 Å². The summed E-state index contributed by atoms with van der Waals surface area (Å²) in [5, 5.41) is 1.23. The molecule has 0 atom stereocenters. The van der Waals surface area contributed by atoms with Crippen molar-refractivity contribution in [3.8, 4) is 5.75 Å². The summed E-state index contributed by atoms with van der Waals surface area (Å²) in [6.07, 6.45) is 0. The second-order valence-electron chi connectivity index (χ2n) is 5.63. The first-order valence-corrected chi connectivity index (χ1v) is 8.67. The number of ether oxygens (including phenoxy) is 2. The molecule has 0 N–H and O–H groups in total. The molecule has 0 saturated heterocycles. The molecule has 1 heterocycles. The molecule has 0 aliphatic heterocycles. The van der Waals surface area contributed by atoms with Crippen LogP contribution in [0.1, 0.15) is 27.4 Å². The van der Waals surface area contributed by atoms with E-state index in [9.17, 15) is 4.79 Å². The highest BCUT2D eigenvalue weighted by molar-refractivity contribution is 6.31. The van der Waals surface area contributed by atoms with E-state index in [0.717, 1.165) is 11.1 Å². The predicted molar refractivity (Wildman–Crippen MR) is 99.8 cm³/mol. The molecular weight excluding hydrogens is 375 g/mol. The number of benzene rings is 2. The number of furan rings is 1. The van der Waals surface area contributed by atoms with Gasteiger partial charge in [0, 0.05) is 15.6 Å². The summed E-state index contributed by atoms with van der Waals surface area (Å²) >= 11 is 12.0. The van der Waals surface area contributed by atoms with Crippen LogP contribution in [0.25, 0.3) is 0 Å². The van der Waals surface area contributed by atoms with Gasteiger partial charge in [-0.25, -0.2) is 4.79 Å². The van der Waals surface area contributed by atoms with Crippen molar-refractivity contribution in [1.29, 1.82) is 0 Å². The lowest BCUT2D eigenvalue weighted by atomic mass is 10.2. The first-order chi connectivity index (χ1) is 12.5. The van der Waals surface area contributed by atoms with Crippen molar-refractivity contribution in [3.05, 3.63) is 87.3 Å². The minimum atomic E-state index is -0.557. The minimum absolute atomic E-state index is 0.0785. The number of halogens is 2. The molecule has 2 aromatic carbocycles. The van der Waals surface area contributed by atoms with Crippen LogP contribution < -0.4 is 4.74 Å². The maximum Gasteiger partial charge on any atom is 0.374 e. The number of esters is 1. The van der Waals surface area contributed by atoms with Gasteiger partial charge >= 0.3 is 5.97 Å². The number of carbonyl (C=O) groups excluding carboxylic acids is 1. The van der Waals surface area contributed by atoms with Crippen LogP contribution in [0.15, 0.2) is 59.0 Å². The zero-order valence-corrected chi connectivity index (χ0v) is 15.5. The van der Waals surface area contributed by atoms with Gasteiger partial charge in [-0.2, -0.15) is 0 Å². The van der Waals surface area contributed by atoms with Gasteiger partial charge < -0.3 is 13.9 Å². The van der Waals surface area contributed by atoms with Crippen molar-refractivity contribution in [2.45, 2.75) is 20.1 Å². The van der Waals surface area contributed by atoms with E-state index in [1.165, 1.54) is 0 Å². The lowest BCUT2D eigenvalue weighted by molar-refractivity contribution is 0.0432. The molecule has 26 heavy (non-hydrogen) atoms. The summed E-state index contributed by atoms with van der Waals surface area (Å²) < 4.78 is 16.4. The Kier molecular flexibility index (Phi) is 5.86. The van der Waals surface area contributed by atoms with Crippen molar-refractivity contribution in [2.24, 2.45) is 0 Å². The second-order valence-corrected chi connectivity index (χ2v) is 6.45. The largest absolute Gasteiger partial charge is 0.486 e. The number of hydrogen-bond acceptors (Lipinski definition) is 4. The van der Waals surface area contributed by atoms with Crippen LogP contribution in [-0.2, 0) is 18.0 Å². The SMILES string of the molecule is Cc1cc(OCc2ccc(C(=O)OCc3ccccc3Cl)o2)ccc1Cl. The third-order valence-electron chi connectivity index (χ3n) is 3.69. The molecule has 0 saturated carbocycles. The molecule has 4 nitrogen and oxygen atoms in total. The third-order valence-corrected chi connectivity index (χ3v) is 4.48. The average Bonchev–Trinajstić information content (AvgIpc) is 3.11. The number of carbonyl (C=O) groups is 1. The fraction of sp³-hybridized carbons (Fsp3) is 0.150. The lowest BCUT2D eigenvalue weighted by Crippen LogP contribution is -2.04. The molecule has 0 unspecified atom stereocenters. The Labute approximate surface area is 161 Å². The first kappa shape index (κ1) is 18.4. The molecule has 0 radical (unpaired) electrons. The molecule has 134 valence electrons. The molecule has 0 amide bonds. The standard InChI is InChI=1S/C20H16Cl2O4/c1-13-10-15(6-8-17(13)21)24-12-16-7-9-19(26-16)20(23)25-11-14-4-2-3-5-18(14)22/h2-10H,11-12H2,1H3. The normalized spacial score (nSPS) is 10.6. The smallest absolute Gasteiger partial charge is 0.374 e. The zero-order chi connectivity index (χ0) is 18.5. The van der Waals surface area contributed by atoms with E-state index in [2.05, 4.69) is 0 Å². The summed E-state index contributed by atoms with van der Waals surface area (Å²) in [5.74, 6) is 0.745. The maximum absolute atomic E-state index is 12.1. The number of aryl methyl sites for hydroxylation is 1. The summed E-state index contributed by atoms with van der Waals surface area (Å²) in [6.45, 7) is 2.17. The van der Waals surface area contributed by atoms with Gasteiger partial charge in [-0.3, -0.25) is 0 Å². The number of hydrogen-bond donors (Lipinski definition) is 0. The molecule has 0 aliphatic rings. The van der Waals surface area contributed by atoms with Gasteiger partial charge in [0.15, 0.2) is 0 Å². The Bertz CT molecular complexity index is 918. The second kappa shape index (κ2) is 8.30. The monoisotopic (exact) mass is 390 g/mol. The van der Waals surface area contributed by atoms with Crippen LogP contribution in [0.4, 0.5) is 0 Å². The van der Waals surface area contributed by atoms with E-state index >= 15 is 0 Å². The molecule has 0 aliphatic carbocycles. The fourth-order valence-electron chi connectivity index (χ4n) is 2.26. The van der Waals surface area contributed by atoms with Crippen molar-refractivity contribution in [1.82, 2.24) is 0 Å². The number of rotatable bonds is 6. The Hall–Kier alpha value is -2.43. The van der Waals surface area contributed by atoms with Gasteiger partial charge in [0.2, 0.25) is 5.76 Å². The highest BCUT2D eigenvalue weighted by atomic mass is 35.5. The van der Waals surface area contributed by atoms with Crippen LogP contribution in [0.3, 0.4) is 0 Å². The van der Waals surface area contributed by atoms with Gasteiger partial charge in [0.05, 0.1) is 0 Å². The molecule has 3 aromatic rings. The van der Waals surface area contributed by atoms with E-state index in [0.29, 0.717) is 21.6 Å². The summed E-state index contributed by atoms with van der Waals surface area (Å²) in [5.41, 5.74) is 1.66. The van der Waals surface area contributed by atoms with Gasteiger partial charge in [-0.1, -0.05) is 41.4 Å². The summed E-state index contributed by atoms with van der Waals surface area (Å²) in [4.78, 5) is 12.1. The summed E-state index contributed by atoms with van der Waals surface area (Å²) in [6, 6.07) is 15.8. The molecule has 0 fully saturated rings. The highest BCUT2D eigenvalue weighted by Gasteiger charge is 2.14. The van der Waals surface area contributed by atoms with Crippen molar-refractivity contribution in [3.63, 3.8) is 0 Å². The van der Waals surface area contributed by atoms with Crippen LogP contribution in [-0.4, -0.2) is 5.97 Å². The Morgan fingerprint density at radius 3 is 2.58 bits per heavy atom. The molecule has 6 heteroatoms. The van der Waals surface area contributed by atoms with E-state index < -0.39 is 5.97 Å². The first-order valence-electron chi connectivity index (χ1n) is 7.91. The van der Waals surface area contributed by atoms with Crippen LogP contribution in [0.2, 0.25) is 10.0 Å². The van der Waals surface area contributed by atoms with Crippen molar-refractivity contribution >= 4 is 29.2 Å². The topological polar surface area (TPSA) is 48.7 Å². The maximum atomic E-state index is 12.1. The lowest BCUT2D eigenvalue weighted by Gasteiger charge is -2.06. The fourth-order valence-corrected chi connectivity index (χ4v) is 2.56. The molecule has 1 aromatic heterocycles. The Morgan fingerprint density at radius 2 is 1.81 bits per heavy atom. The van der Waals surface area contributed by atoms with E-state index in [1.807, 2.05) is 25.1 Å². The quantitative estimate of drug-likeness (QED) is 0.496. The highest BCUT2D eigenvalue weighted by Crippen LogP contribution is 2.22. The van der Waals surface area contributed by atoms with E-state index in [4.69, 9.17) is 37.1 Å². The van der Waals surface area contributed by atoms with E-state index in [1.54, 1.807) is 36.4 Å². The van der Waals surface area contributed by atoms with Crippen LogP contribution >= 0.6 is 23.2 Å². The van der Waals surface area contributed by atoms with Gasteiger partial charge in [0.25, 0.3) is 0 Å². The molecule has 3 rings (SSSR count). The van der Waals surface area contributed by atoms with Gasteiger partial charge in [-0.15, -0.1) is 0 Å². The molecule has 0 bridgehead atoms. The van der Waals surface area contributed by atoms with Crippen LogP contribution in [0, 0.1) is 6.92 Å². The zero-order valence-electron chi connectivity index (χ0n) is 14.0. The predicted octanol–water partition coefficient (Wildman–Crippen LogP) is 5.83. The average molecular weight is 391 g/mol. The van der Waals surface area contributed by atoms with Gasteiger partial charge in [0.1, 0.15) is 24.7 Å². The minimum Gasteiger partial charge on any atom is -0.486 e. The van der Waals surface area contributed by atoms with Crippen molar-refractivity contribution < 1.29 is 18.7 Å². The van der Waals surface area contributed by atoms with Gasteiger partial charge in [-0.05, 0) is 48.9 Å². The Balaban J connectivity index is 1.56. The van der Waals surface area contributed by atoms with Crippen molar-refractivity contribution in [2.75, 3.05) is 0 Å². The third kappa shape index (κ3) is 4.59.